The van der Waals surface area contributed by atoms with Crippen LogP contribution in [0.3, 0.4) is 0 Å². The van der Waals surface area contributed by atoms with Gasteiger partial charge in [-0.2, -0.15) is 5.26 Å². The molecule has 0 spiro atoms. The minimum atomic E-state index is 0.0663. The molecule has 0 saturated heterocycles. The van der Waals surface area contributed by atoms with Gasteiger partial charge in [-0.1, -0.05) is 0 Å². The Balaban J connectivity index is 3.01. The van der Waals surface area contributed by atoms with Gasteiger partial charge in [-0.3, -0.25) is 0 Å². The number of nitrogens with zero attached hydrogens (tertiary/aromatic N) is 2. The SMILES string of the molecule is Cc1ccc(OC(C)C)c(C#N)n1. The van der Waals surface area contributed by atoms with E-state index in [4.69, 9.17) is 10.00 Å². The number of aryl methyl sites for hydroxylation is 1. The summed E-state index contributed by atoms with van der Waals surface area (Å²) in [6.45, 7) is 5.68. The van der Waals surface area contributed by atoms with Crippen LogP contribution in [-0.4, -0.2) is 11.1 Å². The van der Waals surface area contributed by atoms with E-state index in [0.717, 1.165) is 5.69 Å². The summed E-state index contributed by atoms with van der Waals surface area (Å²) in [5, 5.41) is 8.76. The summed E-state index contributed by atoms with van der Waals surface area (Å²) in [5.74, 6) is 0.558. The first-order valence-electron chi connectivity index (χ1n) is 4.18. The number of pyridine rings is 1. The van der Waals surface area contributed by atoms with Gasteiger partial charge in [0.15, 0.2) is 11.4 Å². The van der Waals surface area contributed by atoms with E-state index in [1.165, 1.54) is 0 Å². The maximum atomic E-state index is 8.76. The van der Waals surface area contributed by atoms with Crippen molar-refractivity contribution in [3.63, 3.8) is 0 Å². The molecule has 0 aliphatic rings. The molecule has 1 aromatic rings. The lowest BCUT2D eigenvalue weighted by Gasteiger charge is -2.10. The van der Waals surface area contributed by atoms with Crippen LogP contribution in [0.4, 0.5) is 0 Å². The van der Waals surface area contributed by atoms with E-state index in [2.05, 4.69) is 4.98 Å². The van der Waals surface area contributed by atoms with Crippen LogP contribution in [-0.2, 0) is 0 Å². The molecule has 0 fully saturated rings. The summed E-state index contributed by atoms with van der Waals surface area (Å²) in [7, 11) is 0. The number of hydrogen-bond donors (Lipinski definition) is 0. The van der Waals surface area contributed by atoms with Gasteiger partial charge in [0, 0.05) is 5.69 Å². The number of aromatic nitrogens is 1. The highest BCUT2D eigenvalue weighted by Crippen LogP contribution is 2.16. The Morgan fingerprint density at radius 1 is 1.46 bits per heavy atom. The molecule has 68 valence electrons. The average molecular weight is 176 g/mol. The second-order valence-electron chi connectivity index (χ2n) is 3.08. The Hall–Kier alpha value is -1.56. The summed E-state index contributed by atoms with van der Waals surface area (Å²) < 4.78 is 5.41. The molecule has 13 heavy (non-hydrogen) atoms. The maximum Gasteiger partial charge on any atom is 0.182 e. The third kappa shape index (κ3) is 2.45. The molecule has 3 nitrogen and oxygen atoms in total. The molecule has 1 rings (SSSR count). The van der Waals surface area contributed by atoms with Crippen molar-refractivity contribution in [2.75, 3.05) is 0 Å². The molecule has 1 heterocycles. The van der Waals surface area contributed by atoms with Crippen molar-refractivity contribution in [2.24, 2.45) is 0 Å². The van der Waals surface area contributed by atoms with Gasteiger partial charge < -0.3 is 4.74 Å². The first kappa shape index (κ1) is 9.53. The number of rotatable bonds is 2. The standard InChI is InChI=1S/C10H12N2O/c1-7(2)13-10-5-4-8(3)12-9(10)6-11/h4-5,7H,1-3H3. The van der Waals surface area contributed by atoms with Crippen LogP contribution < -0.4 is 4.74 Å². The quantitative estimate of drug-likeness (QED) is 0.692. The van der Waals surface area contributed by atoms with E-state index in [-0.39, 0.29) is 6.10 Å². The summed E-state index contributed by atoms with van der Waals surface area (Å²) in [6, 6.07) is 5.62. The van der Waals surface area contributed by atoms with Gasteiger partial charge in [0.25, 0.3) is 0 Å². The van der Waals surface area contributed by atoms with Gasteiger partial charge in [0.2, 0.25) is 0 Å². The molecular formula is C10H12N2O. The van der Waals surface area contributed by atoms with Crippen molar-refractivity contribution in [2.45, 2.75) is 26.9 Å². The highest BCUT2D eigenvalue weighted by Gasteiger charge is 2.05. The molecule has 0 aliphatic heterocycles. The summed E-state index contributed by atoms with van der Waals surface area (Å²) in [4.78, 5) is 4.06. The molecule has 0 N–H and O–H groups in total. The Kier molecular flexibility index (Phi) is 2.86. The first-order chi connectivity index (χ1) is 6.13. The van der Waals surface area contributed by atoms with Gasteiger partial charge in [0.1, 0.15) is 6.07 Å². The van der Waals surface area contributed by atoms with E-state index in [0.29, 0.717) is 11.4 Å². The molecule has 0 bridgehead atoms. The Labute approximate surface area is 78.0 Å². The fraction of sp³-hybridized carbons (Fsp3) is 0.400. The Morgan fingerprint density at radius 2 is 2.15 bits per heavy atom. The number of hydrogen-bond acceptors (Lipinski definition) is 3. The van der Waals surface area contributed by atoms with Crippen LogP contribution in [0.2, 0.25) is 0 Å². The predicted octanol–water partition coefficient (Wildman–Crippen LogP) is 2.05. The van der Waals surface area contributed by atoms with Gasteiger partial charge in [-0.15, -0.1) is 0 Å². The normalized spacial score (nSPS) is 9.77. The molecule has 1 aromatic heterocycles. The third-order valence-electron chi connectivity index (χ3n) is 1.47. The highest BCUT2D eigenvalue weighted by molar-refractivity contribution is 5.38. The molecule has 0 amide bonds. The zero-order valence-electron chi connectivity index (χ0n) is 8.03. The van der Waals surface area contributed by atoms with E-state index >= 15 is 0 Å². The van der Waals surface area contributed by atoms with Crippen LogP contribution in [0.1, 0.15) is 25.2 Å². The van der Waals surface area contributed by atoms with Crippen molar-refractivity contribution >= 4 is 0 Å². The minimum absolute atomic E-state index is 0.0663. The molecule has 0 atom stereocenters. The number of nitriles is 1. The second-order valence-corrected chi connectivity index (χ2v) is 3.08. The lowest BCUT2D eigenvalue weighted by molar-refractivity contribution is 0.240. The zero-order chi connectivity index (χ0) is 9.84. The Bertz CT molecular complexity index is 339. The largest absolute Gasteiger partial charge is 0.488 e. The fourth-order valence-corrected chi connectivity index (χ4v) is 0.973. The first-order valence-corrected chi connectivity index (χ1v) is 4.18. The summed E-state index contributed by atoms with van der Waals surface area (Å²) in [6.07, 6.45) is 0.0663. The van der Waals surface area contributed by atoms with Crippen LogP contribution in [0.25, 0.3) is 0 Å². The summed E-state index contributed by atoms with van der Waals surface area (Å²) >= 11 is 0. The van der Waals surface area contributed by atoms with Crippen LogP contribution in [0, 0.1) is 18.3 Å². The van der Waals surface area contributed by atoms with Crippen molar-refractivity contribution in [1.82, 2.24) is 4.98 Å². The van der Waals surface area contributed by atoms with Crippen molar-refractivity contribution in [3.05, 3.63) is 23.5 Å². The van der Waals surface area contributed by atoms with Gasteiger partial charge in [-0.25, -0.2) is 4.98 Å². The lowest BCUT2D eigenvalue weighted by Crippen LogP contribution is -2.07. The van der Waals surface area contributed by atoms with E-state index in [1.807, 2.05) is 32.9 Å². The average Bonchev–Trinajstić information content (AvgIpc) is 2.07. The van der Waals surface area contributed by atoms with Crippen LogP contribution >= 0.6 is 0 Å². The highest BCUT2D eigenvalue weighted by atomic mass is 16.5. The minimum Gasteiger partial charge on any atom is -0.488 e. The molecule has 0 unspecified atom stereocenters. The summed E-state index contributed by atoms with van der Waals surface area (Å²) in [5.41, 5.74) is 1.18. The third-order valence-corrected chi connectivity index (χ3v) is 1.47. The molecule has 0 aromatic carbocycles. The van der Waals surface area contributed by atoms with Crippen molar-refractivity contribution in [3.8, 4) is 11.8 Å². The van der Waals surface area contributed by atoms with Gasteiger partial charge in [0.05, 0.1) is 6.10 Å². The molecule has 0 aliphatic carbocycles. The van der Waals surface area contributed by atoms with Crippen molar-refractivity contribution in [1.29, 1.82) is 5.26 Å². The van der Waals surface area contributed by atoms with E-state index in [1.54, 1.807) is 6.07 Å². The topological polar surface area (TPSA) is 45.9 Å². The monoisotopic (exact) mass is 176 g/mol. The van der Waals surface area contributed by atoms with E-state index < -0.39 is 0 Å². The molecule has 3 heteroatoms. The Morgan fingerprint density at radius 3 is 2.69 bits per heavy atom. The molecule has 0 saturated carbocycles. The zero-order valence-corrected chi connectivity index (χ0v) is 8.03. The second kappa shape index (κ2) is 3.90. The molecular weight excluding hydrogens is 164 g/mol. The van der Waals surface area contributed by atoms with Gasteiger partial charge in [-0.05, 0) is 32.9 Å². The maximum absolute atomic E-state index is 8.76. The number of ether oxygens (including phenoxy) is 1. The smallest absolute Gasteiger partial charge is 0.182 e. The fourth-order valence-electron chi connectivity index (χ4n) is 0.973. The van der Waals surface area contributed by atoms with E-state index in [9.17, 15) is 0 Å². The van der Waals surface area contributed by atoms with Crippen LogP contribution in [0.15, 0.2) is 12.1 Å². The molecule has 0 radical (unpaired) electrons. The lowest BCUT2D eigenvalue weighted by atomic mass is 10.3. The van der Waals surface area contributed by atoms with Gasteiger partial charge >= 0.3 is 0 Å². The van der Waals surface area contributed by atoms with Crippen LogP contribution in [0.5, 0.6) is 5.75 Å². The predicted molar refractivity (Wildman–Crippen MR) is 49.5 cm³/mol. The van der Waals surface area contributed by atoms with Crippen molar-refractivity contribution < 1.29 is 4.74 Å².